The maximum absolute atomic E-state index is 13.5. The molecule has 4 aromatic rings. The zero-order chi connectivity index (χ0) is 19.2. The molecule has 0 saturated heterocycles. The van der Waals surface area contributed by atoms with Gasteiger partial charge in [-0.2, -0.15) is 0 Å². The largest absolute Gasteiger partial charge is 0.268 e. The second kappa shape index (κ2) is 6.20. The van der Waals surface area contributed by atoms with E-state index in [-0.39, 0.29) is 5.52 Å². The Morgan fingerprint density at radius 1 is 0.963 bits per heavy atom. The lowest BCUT2D eigenvalue weighted by Gasteiger charge is -2.09. The second-order valence-corrected chi connectivity index (χ2v) is 7.47. The minimum absolute atomic E-state index is 0.197. The van der Waals surface area contributed by atoms with Crippen LogP contribution in [0.4, 0.5) is 13.2 Å². The Labute approximate surface area is 151 Å². The Kier molecular flexibility index (Phi) is 3.96. The summed E-state index contributed by atoms with van der Waals surface area (Å²) in [5, 5.41) is 0.537. The van der Waals surface area contributed by atoms with Gasteiger partial charge in [0.2, 0.25) is 0 Å². The van der Waals surface area contributed by atoms with E-state index in [1.807, 2.05) is 0 Å². The van der Waals surface area contributed by atoms with Crippen LogP contribution < -0.4 is 0 Å². The molecule has 136 valence electrons. The second-order valence-electron chi connectivity index (χ2n) is 5.65. The maximum Gasteiger partial charge on any atom is 0.268 e. The Morgan fingerprint density at radius 2 is 1.70 bits per heavy atom. The molecule has 3 aromatic heterocycles. The van der Waals surface area contributed by atoms with Crippen molar-refractivity contribution in [2.24, 2.45) is 0 Å². The van der Waals surface area contributed by atoms with Gasteiger partial charge in [-0.3, -0.25) is 9.97 Å². The number of nitrogens with zero attached hydrogens (tertiary/aromatic N) is 3. The fourth-order valence-electron chi connectivity index (χ4n) is 2.76. The zero-order valence-electron chi connectivity index (χ0n) is 13.5. The molecule has 3 heterocycles. The molecule has 0 fully saturated rings. The molecule has 0 spiro atoms. The predicted octanol–water partition coefficient (Wildman–Crippen LogP) is 3.75. The van der Waals surface area contributed by atoms with Crippen LogP contribution in [0.15, 0.2) is 66.1 Å². The summed E-state index contributed by atoms with van der Waals surface area (Å²) in [6, 6.07) is 7.68. The van der Waals surface area contributed by atoms with Crippen LogP contribution in [0.2, 0.25) is 0 Å². The van der Waals surface area contributed by atoms with Gasteiger partial charge in [0.25, 0.3) is 10.0 Å². The van der Waals surface area contributed by atoms with E-state index in [2.05, 4.69) is 9.97 Å². The molecule has 5 nitrogen and oxygen atoms in total. The molecule has 4 rings (SSSR count). The fraction of sp³-hybridized carbons (Fsp3) is 0. The van der Waals surface area contributed by atoms with E-state index < -0.39 is 32.4 Å². The third-order valence-corrected chi connectivity index (χ3v) is 5.70. The zero-order valence-corrected chi connectivity index (χ0v) is 14.3. The first-order valence-electron chi connectivity index (χ1n) is 7.66. The minimum atomic E-state index is -4.37. The van der Waals surface area contributed by atoms with Gasteiger partial charge in [0.15, 0.2) is 17.5 Å². The van der Waals surface area contributed by atoms with Crippen molar-refractivity contribution >= 4 is 20.9 Å². The number of hydrogen-bond acceptors (Lipinski definition) is 4. The molecule has 27 heavy (non-hydrogen) atoms. The lowest BCUT2D eigenvalue weighted by Crippen LogP contribution is -2.13. The standard InChI is InChI=1S/C18H10F3N3O2S/c19-14-7-11(8-15(20)18(14)21)27(25,26)24-6-4-12-13(9-22-10-17(12)24)16-3-1-2-5-23-16/h1-10H. The third kappa shape index (κ3) is 2.76. The lowest BCUT2D eigenvalue weighted by atomic mass is 10.1. The SMILES string of the molecule is O=S(=O)(c1cc(F)c(F)c(F)c1)n1ccc2c(-c3ccccn3)cncc21. The van der Waals surface area contributed by atoms with Gasteiger partial charge in [-0.15, -0.1) is 0 Å². The van der Waals surface area contributed by atoms with Crippen LogP contribution >= 0.6 is 0 Å². The van der Waals surface area contributed by atoms with E-state index in [9.17, 15) is 21.6 Å². The summed E-state index contributed by atoms with van der Waals surface area (Å²) < 4.78 is 66.7. The van der Waals surface area contributed by atoms with Crippen LogP contribution in [0, 0.1) is 17.5 Å². The first-order chi connectivity index (χ1) is 12.9. The molecule has 0 radical (unpaired) electrons. The maximum atomic E-state index is 13.5. The highest BCUT2D eigenvalue weighted by molar-refractivity contribution is 7.90. The molecule has 0 atom stereocenters. The summed E-state index contributed by atoms with van der Waals surface area (Å²) >= 11 is 0. The first kappa shape index (κ1) is 17.2. The third-order valence-electron chi connectivity index (χ3n) is 4.04. The van der Waals surface area contributed by atoms with E-state index in [1.54, 1.807) is 30.6 Å². The Hall–Kier alpha value is -3.20. The summed E-state index contributed by atoms with van der Waals surface area (Å²) in [6.07, 6.45) is 5.69. The average Bonchev–Trinajstić information content (AvgIpc) is 3.11. The number of halogens is 3. The summed E-state index contributed by atoms with van der Waals surface area (Å²) in [5.41, 5.74) is 1.38. The molecule has 0 N–H and O–H groups in total. The van der Waals surface area contributed by atoms with Gasteiger partial charge >= 0.3 is 0 Å². The highest BCUT2D eigenvalue weighted by Gasteiger charge is 2.24. The smallest absolute Gasteiger partial charge is 0.262 e. The van der Waals surface area contributed by atoms with E-state index in [1.165, 1.54) is 18.5 Å². The number of hydrogen-bond donors (Lipinski definition) is 0. The van der Waals surface area contributed by atoms with Crippen LogP contribution in [0.5, 0.6) is 0 Å². The van der Waals surface area contributed by atoms with Crippen molar-refractivity contribution in [3.8, 4) is 11.3 Å². The van der Waals surface area contributed by atoms with E-state index in [0.29, 0.717) is 28.8 Å². The van der Waals surface area contributed by atoms with Crippen LogP contribution in [0.1, 0.15) is 0 Å². The Morgan fingerprint density at radius 3 is 2.37 bits per heavy atom. The van der Waals surface area contributed by atoms with Crippen LogP contribution in [0.25, 0.3) is 22.2 Å². The van der Waals surface area contributed by atoms with E-state index in [4.69, 9.17) is 0 Å². The van der Waals surface area contributed by atoms with E-state index >= 15 is 0 Å². The molecule has 0 amide bonds. The molecule has 0 bridgehead atoms. The monoisotopic (exact) mass is 389 g/mol. The molecule has 0 aliphatic rings. The molecular formula is C18H10F3N3O2S. The summed E-state index contributed by atoms with van der Waals surface area (Å²) in [6.45, 7) is 0. The van der Waals surface area contributed by atoms with Crippen molar-refractivity contribution in [1.29, 1.82) is 0 Å². The Balaban J connectivity index is 1.93. The van der Waals surface area contributed by atoms with Gasteiger partial charge in [-0.25, -0.2) is 25.6 Å². The number of benzene rings is 1. The molecule has 0 aliphatic heterocycles. The fourth-order valence-corrected chi connectivity index (χ4v) is 4.12. The van der Waals surface area contributed by atoms with E-state index in [0.717, 1.165) is 3.97 Å². The van der Waals surface area contributed by atoms with Crippen molar-refractivity contribution in [3.63, 3.8) is 0 Å². The average molecular weight is 389 g/mol. The van der Waals surface area contributed by atoms with Gasteiger partial charge in [0, 0.05) is 29.5 Å². The normalized spacial score (nSPS) is 11.8. The van der Waals surface area contributed by atoms with Crippen molar-refractivity contribution in [3.05, 3.63) is 78.6 Å². The molecule has 1 aromatic carbocycles. The van der Waals surface area contributed by atoms with Crippen LogP contribution in [-0.4, -0.2) is 22.4 Å². The van der Waals surface area contributed by atoms with Crippen molar-refractivity contribution in [2.75, 3.05) is 0 Å². The van der Waals surface area contributed by atoms with Gasteiger partial charge in [0.1, 0.15) is 0 Å². The summed E-state index contributed by atoms with van der Waals surface area (Å²) in [7, 11) is -4.37. The van der Waals surface area contributed by atoms with Crippen LogP contribution in [-0.2, 0) is 10.0 Å². The molecule has 9 heteroatoms. The van der Waals surface area contributed by atoms with Crippen molar-refractivity contribution in [2.45, 2.75) is 4.90 Å². The van der Waals surface area contributed by atoms with Gasteiger partial charge in [-0.05, 0) is 30.3 Å². The molecule has 0 aliphatic carbocycles. The minimum Gasteiger partial charge on any atom is -0.262 e. The van der Waals surface area contributed by atoms with Gasteiger partial charge in [-0.1, -0.05) is 6.07 Å². The molecular weight excluding hydrogens is 379 g/mol. The summed E-state index contributed by atoms with van der Waals surface area (Å²) in [5.74, 6) is -4.90. The molecule has 0 unspecified atom stereocenters. The van der Waals surface area contributed by atoms with Gasteiger partial charge in [0.05, 0.1) is 22.3 Å². The van der Waals surface area contributed by atoms with Crippen molar-refractivity contribution < 1.29 is 21.6 Å². The van der Waals surface area contributed by atoms with Crippen LogP contribution in [0.3, 0.4) is 0 Å². The Bertz CT molecular complexity index is 1250. The first-order valence-corrected chi connectivity index (χ1v) is 9.10. The summed E-state index contributed by atoms with van der Waals surface area (Å²) in [4.78, 5) is 7.56. The molecule has 0 saturated carbocycles. The lowest BCUT2D eigenvalue weighted by molar-refractivity contribution is 0.442. The highest BCUT2D eigenvalue weighted by Crippen LogP contribution is 2.29. The number of aromatic nitrogens is 3. The number of pyridine rings is 2. The quantitative estimate of drug-likeness (QED) is 0.501. The number of rotatable bonds is 3. The highest BCUT2D eigenvalue weighted by atomic mass is 32.2. The number of fused-ring (bicyclic) bond motifs is 1. The van der Waals surface area contributed by atoms with Crippen molar-refractivity contribution in [1.82, 2.24) is 13.9 Å². The predicted molar refractivity (Wildman–Crippen MR) is 91.9 cm³/mol. The van der Waals surface area contributed by atoms with Gasteiger partial charge < -0.3 is 0 Å². The topological polar surface area (TPSA) is 64.8 Å².